The average molecular weight is 426 g/mol. The Labute approximate surface area is 180 Å². The summed E-state index contributed by atoms with van der Waals surface area (Å²) < 4.78 is 7.24. The zero-order valence-electron chi connectivity index (χ0n) is 17.2. The van der Waals surface area contributed by atoms with Crippen molar-refractivity contribution in [2.75, 3.05) is 26.7 Å². The molecule has 6 nitrogen and oxygen atoms in total. The van der Waals surface area contributed by atoms with Gasteiger partial charge in [0, 0.05) is 47.5 Å². The molecule has 0 saturated carbocycles. The molecule has 7 heteroatoms. The van der Waals surface area contributed by atoms with Crippen LogP contribution >= 0.6 is 11.3 Å². The highest BCUT2D eigenvalue weighted by Crippen LogP contribution is 2.23. The summed E-state index contributed by atoms with van der Waals surface area (Å²) in [4.78, 5) is 28.4. The third-order valence-electron chi connectivity index (χ3n) is 5.75. The minimum Gasteiger partial charge on any atom is -0.497 e. The lowest BCUT2D eigenvalue weighted by Gasteiger charge is -2.31. The van der Waals surface area contributed by atoms with Gasteiger partial charge in [-0.1, -0.05) is 6.07 Å². The first-order valence-corrected chi connectivity index (χ1v) is 11.2. The number of rotatable bonds is 7. The number of piperidine rings is 1. The molecule has 0 unspecified atom stereocenters. The molecule has 1 aliphatic rings. The summed E-state index contributed by atoms with van der Waals surface area (Å²) in [6.07, 6.45) is 4.26. The van der Waals surface area contributed by atoms with E-state index in [0.717, 1.165) is 35.9 Å². The number of methoxy groups -OCH3 is 1. The van der Waals surface area contributed by atoms with Crippen molar-refractivity contribution in [1.82, 2.24) is 14.8 Å². The highest BCUT2D eigenvalue weighted by atomic mass is 32.1. The number of nitrogens with zero attached hydrogens (tertiary/aromatic N) is 2. The van der Waals surface area contributed by atoms with Gasteiger partial charge in [-0.2, -0.15) is 0 Å². The highest BCUT2D eigenvalue weighted by molar-refractivity contribution is 7.09. The second-order valence-electron chi connectivity index (χ2n) is 7.64. The van der Waals surface area contributed by atoms with Gasteiger partial charge in [0.25, 0.3) is 0 Å². The molecule has 3 aromatic rings. The van der Waals surface area contributed by atoms with Gasteiger partial charge in [-0.25, -0.2) is 0 Å². The monoisotopic (exact) mass is 425 g/mol. The summed E-state index contributed by atoms with van der Waals surface area (Å²) in [6.45, 7) is 2.25. The molecule has 2 amide bonds. The van der Waals surface area contributed by atoms with Crippen LogP contribution in [0.15, 0.2) is 48.0 Å². The molecule has 4 rings (SSSR count). The lowest BCUT2D eigenvalue weighted by Crippen LogP contribution is -2.44. The Hall–Kier alpha value is -2.80. The summed E-state index contributed by atoms with van der Waals surface area (Å²) >= 11 is 1.71. The fraction of sp³-hybridized carbons (Fsp3) is 0.391. The number of carbonyl (C=O) groups excluding carboxylic acids is 2. The zero-order chi connectivity index (χ0) is 20.9. The van der Waals surface area contributed by atoms with Crippen molar-refractivity contribution in [3.63, 3.8) is 0 Å². The van der Waals surface area contributed by atoms with Crippen LogP contribution in [0.2, 0.25) is 0 Å². The first kappa shape index (κ1) is 20.5. The van der Waals surface area contributed by atoms with Crippen LogP contribution in [0.1, 0.15) is 17.7 Å². The van der Waals surface area contributed by atoms with E-state index < -0.39 is 0 Å². The molecule has 2 aromatic heterocycles. The van der Waals surface area contributed by atoms with Gasteiger partial charge in [0.2, 0.25) is 11.8 Å². The van der Waals surface area contributed by atoms with E-state index >= 15 is 0 Å². The average Bonchev–Trinajstić information content (AvgIpc) is 3.43. The molecule has 0 bridgehead atoms. The van der Waals surface area contributed by atoms with Gasteiger partial charge >= 0.3 is 0 Å². The normalized spacial score (nSPS) is 14.8. The molecule has 0 aliphatic carbocycles. The van der Waals surface area contributed by atoms with Crippen molar-refractivity contribution in [2.45, 2.75) is 25.8 Å². The summed E-state index contributed by atoms with van der Waals surface area (Å²) in [7, 11) is 1.65. The molecule has 158 valence electrons. The molecular weight excluding hydrogens is 398 g/mol. The molecular formula is C23H27N3O3S. The van der Waals surface area contributed by atoms with Crippen LogP contribution in [-0.2, 0) is 22.6 Å². The Balaban J connectivity index is 1.25. The molecule has 1 aromatic carbocycles. The van der Waals surface area contributed by atoms with Crippen LogP contribution in [0, 0.1) is 5.92 Å². The van der Waals surface area contributed by atoms with E-state index in [1.165, 1.54) is 4.88 Å². The number of benzene rings is 1. The summed E-state index contributed by atoms with van der Waals surface area (Å²) in [5, 5.41) is 6.16. The van der Waals surface area contributed by atoms with Gasteiger partial charge in [0.05, 0.1) is 7.11 Å². The number of carbonyl (C=O) groups is 2. The van der Waals surface area contributed by atoms with E-state index in [2.05, 4.69) is 16.8 Å². The van der Waals surface area contributed by atoms with Crippen LogP contribution in [0.4, 0.5) is 0 Å². The van der Waals surface area contributed by atoms with Crippen molar-refractivity contribution < 1.29 is 14.3 Å². The number of thiophene rings is 1. The number of hydrogen-bond acceptors (Lipinski definition) is 4. The van der Waals surface area contributed by atoms with Crippen molar-refractivity contribution in [3.8, 4) is 5.75 Å². The predicted octanol–water partition coefficient (Wildman–Crippen LogP) is 3.31. The molecule has 1 N–H and O–H groups in total. The van der Waals surface area contributed by atoms with Gasteiger partial charge in [-0.15, -0.1) is 11.3 Å². The van der Waals surface area contributed by atoms with Crippen molar-refractivity contribution in [3.05, 3.63) is 52.9 Å². The number of hydrogen-bond donors (Lipinski definition) is 1. The largest absolute Gasteiger partial charge is 0.497 e. The molecule has 1 aliphatic heterocycles. The maximum Gasteiger partial charge on any atom is 0.242 e. The van der Waals surface area contributed by atoms with E-state index in [9.17, 15) is 9.59 Å². The van der Waals surface area contributed by atoms with E-state index in [1.54, 1.807) is 18.4 Å². The van der Waals surface area contributed by atoms with Crippen molar-refractivity contribution >= 4 is 34.1 Å². The molecule has 0 radical (unpaired) electrons. The van der Waals surface area contributed by atoms with E-state index in [-0.39, 0.29) is 17.7 Å². The fourth-order valence-electron chi connectivity index (χ4n) is 3.99. The maximum absolute atomic E-state index is 12.8. The van der Waals surface area contributed by atoms with Crippen LogP contribution < -0.4 is 10.1 Å². The maximum atomic E-state index is 12.8. The molecule has 1 saturated heterocycles. The van der Waals surface area contributed by atoms with Gasteiger partial charge < -0.3 is 19.5 Å². The van der Waals surface area contributed by atoms with E-state index in [4.69, 9.17) is 4.74 Å². The number of nitrogens with one attached hydrogen (secondary N) is 1. The van der Waals surface area contributed by atoms with E-state index in [0.29, 0.717) is 26.2 Å². The minimum atomic E-state index is -0.00254. The van der Waals surface area contributed by atoms with Crippen LogP contribution in [0.25, 0.3) is 10.9 Å². The van der Waals surface area contributed by atoms with E-state index in [1.807, 2.05) is 46.0 Å². The smallest absolute Gasteiger partial charge is 0.242 e. The number of fused-ring (bicyclic) bond motifs is 1. The third-order valence-corrected chi connectivity index (χ3v) is 6.69. The first-order chi connectivity index (χ1) is 14.6. The quantitative estimate of drug-likeness (QED) is 0.632. The molecule has 0 atom stereocenters. The minimum absolute atomic E-state index is 0.00254. The Bertz CT molecular complexity index is 1000. The lowest BCUT2D eigenvalue weighted by molar-refractivity contribution is -0.136. The number of amides is 2. The predicted molar refractivity (Wildman–Crippen MR) is 119 cm³/mol. The molecule has 30 heavy (non-hydrogen) atoms. The second-order valence-corrected chi connectivity index (χ2v) is 8.68. The van der Waals surface area contributed by atoms with Gasteiger partial charge in [-0.05, 0) is 55.0 Å². The summed E-state index contributed by atoms with van der Waals surface area (Å²) in [5.41, 5.74) is 1.02. The number of ether oxygens (including phenoxy) is 1. The Morgan fingerprint density at radius 2 is 2.03 bits per heavy atom. The van der Waals surface area contributed by atoms with Gasteiger partial charge in [0.1, 0.15) is 12.3 Å². The number of aromatic nitrogens is 1. The van der Waals surface area contributed by atoms with Crippen LogP contribution in [0.3, 0.4) is 0 Å². The summed E-state index contributed by atoms with van der Waals surface area (Å²) in [6, 6.07) is 12.0. The van der Waals surface area contributed by atoms with Crippen LogP contribution in [0.5, 0.6) is 5.75 Å². The lowest BCUT2D eigenvalue weighted by atomic mass is 9.96. The Morgan fingerprint density at radius 1 is 1.20 bits per heavy atom. The van der Waals surface area contributed by atoms with Crippen LogP contribution in [-0.4, -0.2) is 48.0 Å². The molecule has 3 heterocycles. The fourth-order valence-corrected chi connectivity index (χ4v) is 4.70. The van der Waals surface area contributed by atoms with Gasteiger partial charge in [0.15, 0.2) is 0 Å². The molecule has 0 spiro atoms. The summed E-state index contributed by atoms with van der Waals surface area (Å²) in [5.74, 6) is 1.02. The third kappa shape index (κ3) is 4.67. The highest BCUT2D eigenvalue weighted by Gasteiger charge is 2.27. The topological polar surface area (TPSA) is 63.6 Å². The van der Waals surface area contributed by atoms with Crippen molar-refractivity contribution in [1.29, 1.82) is 0 Å². The Kier molecular flexibility index (Phi) is 6.38. The van der Waals surface area contributed by atoms with Gasteiger partial charge in [-0.3, -0.25) is 9.59 Å². The van der Waals surface area contributed by atoms with Crippen molar-refractivity contribution in [2.24, 2.45) is 5.92 Å². The zero-order valence-corrected chi connectivity index (χ0v) is 18.0. The standard InChI is InChI=1S/C23H27N3O3S/c1-29-19-4-5-21-18(15-19)9-13-26(21)16-22(27)25-11-7-17(8-12-25)23(28)24-10-6-20-3-2-14-30-20/h2-5,9,13-15,17H,6-8,10-12,16H2,1H3,(H,24,28). The first-order valence-electron chi connectivity index (χ1n) is 10.3. The Morgan fingerprint density at radius 3 is 2.77 bits per heavy atom. The second kappa shape index (κ2) is 9.34. The molecule has 1 fully saturated rings. The SMILES string of the molecule is COc1ccc2c(ccn2CC(=O)N2CCC(C(=O)NCCc3cccs3)CC2)c1. The number of likely N-dealkylation sites (tertiary alicyclic amines) is 1.